The van der Waals surface area contributed by atoms with Crippen LogP contribution in [0.4, 0.5) is 5.82 Å². The van der Waals surface area contributed by atoms with Gasteiger partial charge in [0.05, 0.1) is 6.33 Å². The first-order valence-corrected chi connectivity index (χ1v) is 10.2. The van der Waals surface area contributed by atoms with Gasteiger partial charge in [0, 0.05) is 24.2 Å². The lowest BCUT2D eigenvalue weighted by Crippen LogP contribution is -2.39. The van der Waals surface area contributed by atoms with Crippen LogP contribution in [0, 0.1) is 0 Å². The number of aliphatic hydroxyl groups excluding tert-OH is 2. The second-order valence-electron chi connectivity index (χ2n) is 7.64. The highest BCUT2D eigenvalue weighted by molar-refractivity contribution is 6.30. The Morgan fingerprint density at radius 1 is 1.20 bits per heavy atom. The van der Waals surface area contributed by atoms with E-state index in [-0.39, 0.29) is 6.04 Å². The number of imidazole rings is 1. The van der Waals surface area contributed by atoms with Crippen LogP contribution in [0.15, 0.2) is 36.9 Å². The summed E-state index contributed by atoms with van der Waals surface area (Å²) < 4.78 is 7.57. The number of nitrogens with zero attached hydrogens (tertiary/aromatic N) is 4. The number of aromatic nitrogens is 4. The van der Waals surface area contributed by atoms with E-state index >= 15 is 0 Å². The first-order valence-electron chi connectivity index (χ1n) is 9.85. The number of nitrogens with one attached hydrogen (secondary N) is 2. The van der Waals surface area contributed by atoms with Crippen LogP contribution < -0.4 is 10.6 Å². The summed E-state index contributed by atoms with van der Waals surface area (Å²) in [6.45, 7) is 4.96. The topological polar surface area (TPSA) is 117 Å². The van der Waals surface area contributed by atoms with Crippen LogP contribution >= 0.6 is 11.6 Å². The van der Waals surface area contributed by atoms with E-state index in [0.29, 0.717) is 35.1 Å². The van der Waals surface area contributed by atoms with E-state index in [2.05, 4.69) is 25.6 Å². The molecule has 4 rings (SSSR count). The molecule has 1 fully saturated rings. The first kappa shape index (κ1) is 21.0. The van der Waals surface area contributed by atoms with E-state index in [1.54, 1.807) is 10.9 Å². The van der Waals surface area contributed by atoms with Crippen molar-refractivity contribution in [1.82, 2.24) is 24.8 Å². The molecule has 0 saturated carbocycles. The SMILES string of the molecule is CC(C)NC[C@H]1O[C@@H](n2cnc3c(NCc4cccc(Cl)c4)ncnc32)[C@H](O)[C@@H]1O. The third-order valence-electron chi connectivity index (χ3n) is 5.05. The van der Waals surface area contributed by atoms with Crippen LogP contribution in [0.3, 0.4) is 0 Å². The predicted octanol–water partition coefficient (Wildman–Crippen LogP) is 1.71. The summed E-state index contributed by atoms with van der Waals surface area (Å²) in [4.78, 5) is 13.0. The lowest BCUT2D eigenvalue weighted by molar-refractivity contribution is -0.0345. The average molecular weight is 433 g/mol. The smallest absolute Gasteiger partial charge is 0.167 e. The molecule has 0 aliphatic carbocycles. The third kappa shape index (κ3) is 4.26. The molecule has 0 amide bonds. The van der Waals surface area contributed by atoms with Crippen LogP contribution in [-0.4, -0.2) is 60.6 Å². The number of halogens is 1. The summed E-state index contributed by atoms with van der Waals surface area (Å²) >= 11 is 6.04. The van der Waals surface area contributed by atoms with Crippen LogP contribution in [0.25, 0.3) is 11.2 Å². The van der Waals surface area contributed by atoms with E-state index in [4.69, 9.17) is 16.3 Å². The van der Waals surface area contributed by atoms with Crippen molar-refractivity contribution in [2.45, 2.75) is 51.0 Å². The van der Waals surface area contributed by atoms with Gasteiger partial charge in [-0.3, -0.25) is 4.57 Å². The highest BCUT2D eigenvalue weighted by atomic mass is 35.5. The maximum Gasteiger partial charge on any atom is 0.167 e. The van der Waals surface area contributed by atoms with Gasteiger partial charge in [0.1, 0.15) is 24.6 Å². The van der Waals surface area contributed by atoms with Gasteiger partial charge in [0.2, 0.25) is 0 Å². The molecule has 0 spiro atoms. The number of fused-ring (bicyclic) bond motifs is 1. The summed E-state index contributed by atoms with van der Waals surface area (Å²) in [5, 5.41) is 28.1. The van der Waals surface area contributed by atoms with Gasteiger partial charge in [0.25, 0.3) is 0 Å². The Hall–Kier alpha value is -2.30. The third-order valence-corrected chi connectivity index (χ3v) is 5.28. The highest BCUT2D eigenvalue weighted by Crippen LogP contribution is 2.32. The maximum atomic E-state index is 10.5. The summed E-state index contributed by atoms with van der Waals surface area (Å²) in [5.41, 5.74) is 2.06. The molecule has 1 aliphatic rings. The lowest BCUT2D eigenvalue weighted by atomic mass is 10.1. The molecule has 1 aliphatic heterocycles. The van der Waals surface area contributed by atoms with E-state index in [0.717, 1.165) is 5.56 Å². The van der Waals surface area contributed by atoms with Gasteiger partial charge in [-0.05, 0) is 17.7 Å². The zero-order valence-electron chi connectivity index (χ0n) is 16.7. The van der Waals surface area contributed by atoms with Gasteiger partial charge in [-0.2, -0.15) is 0 Å². The Bertz CT molecular complexity index is 1010. The van der Waals surface area contributed by atoms with Gasteiger partial charge in [-0.15, -0.1) is 0 Å². The fraction of sp³-hybridized carbons (Fsp3) is 0.450. The number of benzene rings is 1. The molecule has 3 heterocycles. The molecule has 0 bridgehead atoms. The molecule has 10 heteroatoms. The second kappa shape index (κ2) is 8.83. The Morgan fingerprint density at radius 2 is 2.03 bits per heavy atom. The summed E-state index contributed by atoms with van der Waals surface area (Å²) in [6.07, 6.45) is -0.467. The molecule has 160 valence electrons. The zero-order chi connectivity index (χ0) is 21.3. The number of ether oxygens (including phenoxy) is 1. The molecular weight excluding hydrogens is 408 g/mol. The predicted molar refractivity (Wildman–Crippen MR) is 113 cm³/mol. The Balaban J connectivity index is 1.54. The van der Waals surface area contributed by atoms with E-state index in [1.165, 1.54) is 6.33 Å². The molecule has 3 aromatic rings. The molecule has 1 aromatic carbocycles. The van der Waals surface area contributed by atoms with Crippen molar-refractivity contribution >= 4 is 28.6 Å². The monoisotopic (exact) mass is 432 g/mol. The molecule has 1 saturated heterocycles. The minimum atomic E-state index is -1.10. The molecule has 0 radical (unpaired) electrons. The van der Waals surface area contributed by atoms with Gasteiger partial charge >= 0.3 is 0 Å². The minimum absolute atomic E-state index is 0.243. The van der Waals surface area contributed by atoms with Crippen molar-refractivity contribution in [2.75, 3.05) is 11.9 Å². The van der Waals surface area contributed by atoms with Gasteiger partial charge in [0.15, 0.2) is 23.2 Å². The summed E-state index contributed by atoms with van der Waals surface area (Å²) in [5.74, 6) is 0.560. The van der Waals surface area contributed by atoms with E-state index in [1.807, 2.05) is 38.1 Å². The maximum absolute atomic E-state index is 10.5. The minimum Gasteiger partial charge on any atom is -0.387 e. The number of anilines is 1. The largest absolute Gasteiger partial charge is 0.387 e. The van der Waals surface area contributed by atoms with Crippen molar-refractivity contribution in [3.8, 4) is 0 Å². The number of aliphatic hydroxyl groups is 2. The quantitative estimate of drug-likeness (QED) is 0.445. The van der Waals surface area contributed by atoms with Crippen LogP contribution in [0.1, 0.15) is 25.6 Å². The normalized spacial score (nSPS) is 24.1. The Morgan fingerprint density at radius 3 is 2.80 bits per heavy atom. The van der Waals surface area contributed by atoms with Crippen molar-refractivity contribution < 1.29 is 14.9 Å². The van der Waals surface area contributed by atoms with Crippen molar-refractivity contribution in [3.05, 3.63) is 47.5 Å². The molecule has 2 aromatic heterocycles. The number of rotatable bonds is 7. The van der Waals surface area contributed by atoms with E-state index < -0.39 is 24.5 Å². The van der Waals surface area contributed by atoms with E-state index in [9.17, 15) is 10.2 Å². The first-order chi connectivity index (χ1) is 14.4. The van der Waals surface area contributed by atoms with Gasteiger partial charge < -0.3 is 25.6 Å². The zero-order valence-corrected chi connectivity index (χ0v) is 17.5. The summed E-state index contributed by atoms with van der Waals surface area (Å²) in [6, 6.07) is 7.79. The second-order valence-corrected chi connectivity index (χ2v) is 8.08. The Labute approximate surface area is 179 Å². The lowest BCUT2D eigenvalue weighted by Gasteiger charge is -2.17. The molecule has 4 N–H and O–H groups in total. The van der Waals surface area contributed by atoms with Crippen LogP contribution in [0.2, 0.25) is 5.02 Å². The van der Waals surface area contributed by atoms with Crippen LogP contribution in [-0.2, 0) is 11.3 Å². The summed E-state index contributed by atoms with van der Waals surface area (Å²) in [7, 11) is 0. The van der Waals surface area contributed by atoms with Crippen molar-refractivity contribution in [2.24, 2.45) is 0 Å². The fourth-order valence-electron chi connectivity index (χ4n) is 3.48. The van der Waals surface area contributed by atoms with Gasteiger partial charge in [-0.25, -0.2) is 15.0 Å². The molecule has 4 atom stereocenters. The number of hydrogen-bond donors (Lipinski definition) is 4. The molecule has 9 nitrogen and oxygen atoms in total. The Kier molecular flexibility index (Phi) is 6.16. The molecule has 0 unspecified atom stereocenters. The highest BCUT2D eigenvalue weighted by Gasteiger charge is 2.44. The van der Waals surface area contributed by atoms with Crippen molar-refractivity contribution in [1.29, 1.82) is 0 Å². The van der Waals surface area contributed by atoms with Crippen LogP contribution in [0.5, 0.6) is 0 Å². The standard InChI is InChI=1S/C20H25ClN6O3/c1-11(2)22-8-14-16(28)17(29)20(30-14)27-10-26-15-18(24-9-25-19(15)27)23-7-12-4-3-5-13(21)6-12/h3-6,9-11,14,16-17,20,22,28-29H,7-8H2,1-2H3,(H,23,24,25)/t14-,16-,17-,20-/m1/s1. The fourth-order valence-corrected chi connectivity index (χ4v) is 3.69. The van der Waals surface area contributed by atoms with Gasteiger partial charge in [-0.1, -0.05) is 37.6 Å². The average Bonchev–Trinajstić information content (AvgIpc) is 3.27. The molecular formula is C20H25ClN6O3. The number of hydrogen-bond acceptors (Lipinski definition) is 8. The van der Waals surface area contributed by atoms with Crippen molar-refractivity contribution in [3.63, 3.8) is 0 Å². The molecule has 30 heavy (non-hydrogen) atoms.